The van der Waals surface area contributed by atoms with Crippen LogP contribution in [0.3, 0.4) is 0 Å². The summed E-state index contributed by atoms with van der Waals surface area (Å²) < 4.78 is 0. The molecule has 0 aliphatic carbocycles. The number of carbonyl (C=O) groups is 1. The number of amides is 1. The van der Waals surface area contributed by atoms with Gasteiger partial charge in [0.05, 0.1) is 5.41 Å². The number of hydrogen-bond donors (Lipinski definition) is 1. The van der Waals surface area contributed by atoms with Crippen LogP contribution in [0.15, 0.2) is 24.3 Å². The fourth-order valence-electron chi connectivity index (χ4n) is 3.20. The first-order valence-electron chi connectivity index (χ1n) is 7.90. The van der Waals surface area contributed by atoms with Crippen molar-refractivity contribution in [3.8, 4) is 0 Å². The second-order valence-corrected chi connectivity index (χ2v) is 6.13. The summed E-state index contributed by atoms with van der Waals surface area (Å²) in [6.45, 7) is 7.74. The molecule has 1 aromatic rings. The van der Waals surface area contributed by atoms with Gasteiger partial charge in [-0.1, -0.05) is 37.6 Å². The van der Waals surface area contributed by atoms with Crippen molar-refractivity contribution in [2.45, 2.75) is 38.5 Å². The molecule has 1 aliphatic rings. The van der Waals surface area contributed by atoms with Crippen molar-refractivity contribution in [3.05, 3.63) is 34.9 Å². The Balaban J connectivity index is 2.31. The van der Waals surface area contributed by atoms with Gasteiger partial charge in [-0.3, -0.25) is 4.79 Å². The zero-order valence-corrected chi connectivity index (χ0v) is 13.7. The number of carbonyl (C=O) groups excluding carboxylic acids is 1. The molecule has 0 saturated carbocycles. The molecule has 1 amide bonds. The third-order valence-corrected chi connectivity index (χ3v) is 4.89. The van der Waals surface area contributed by atoms with Crippen LogP contribution >= 0.6 is 11.6 Å². The van der Waals surface area contributed by atoms with Gasteiger partial charge in [-0.2, -0.15) is 0 Å². The second-order valence-electron chi connectivity index (χ2n) is 5.69. The smallest absolute Gasteiger partial charge is 0.233 e. The van der Waals surface area contributed by atoms with Gasteiger partial charge in [0.15, 0.2) is 0 Å². The first kappa shape index (κ1) is 16.3. The molecule has 21 heavy (non-hydrogen) atoms. The van der Waals surface area contributed by atoms with E-state index in [1.807, 2.05) is 29.2 Å². The lowest BCUT2D eigenvalue weighted by Gasteiger charge is -2.36. The van der Waals surface area contributed by atoms with Crippen molar-refractivity contribution >= 4 is 17.5 Å². The van der Waals surface area contributed by atoms with Crippen LogP contribution < -0.4 is 5.32 Å². The summed E-state index contributed by atoms with van der Waals surface area (Å²) in [6, 6.07) is 7.77. The van der Waals surface area contributed by atoms with E-state index in [9.17, 15) is 4.79 Å². The minimum absolute atomic E-state index is 0.263. The van der Waals surface area contributed by atoms with Crippen molar-refractivity contribution in [3.63, 3.8) is 0 Å². The van der Waals surface area contributed by atoms with Gasteiger partial charge >= 0.3 is 0 Å². The molecule has 1 aliphatic heterocycles. The lowest BCUT2D eigenvalue weighted by Crippen LogP contribution is -2.47. The third-order valence-electron chi connectivity index (χ3n) is 4.64. The molecule has 0 spiro atoms. The summed E-state index contributed by atoms with van der Waals surface area (Å²) in [5.74, 6) is 0.263. The number of halogens is 1. The first-order valence-corrected chi connectivity index (χ1v) is 8.28. The third kappa shape index (κ3) is 3.41. The maximum atomic E-state index is 13.2. The number of nitrogens with zero attached hydrogens (tertiary/aromatic N) is 1. The summed E-state index contributed by atoms with van der Waals surface area (Å²) in [6.07, 6.45) is 2.65. The van der Waals surface area contributed by atoms with E-state index < -0.39 is 5.41 Å². The van der Waals surface area contributed by atoms with E-state index in [1.54, 1.807) is 0 Å². The summed E-state index contributed by atoms with van der Waals surface area (Å²) in [5.41, 5.74) is 0.661. The molecular formula is C17H25ClN2O. The Morgan fingerprint density at radius 1 is 1.19 bits per heavy atom. The first-order chi connectivity index (χ1) is 10.1. The molecule has 1 saturated heterocycles. The van der Waals surface area contributed by atoms with Gasteiger partial charge in [-0.25, -0.2) is 0 Å². The molecule has 0 atom stereocenters. The summed E-state index contributed by atoms with van der Waals surface area (Å²) in [5, 5.41) is 4.07. The predicted octanol–water partition coefficient (Wildman–Crippen LogP) is 3.22. The molecule has 1 heterocycles. The highest BCUT2D eigenvalue weighted by Crippen LogP contribution is 2.34. The van der Waals surface area contributed by atoms with Gasteiger partial charge < -0.3 is 10.2 Å². The topological polar surface area (TPSA) is 32.3 Å². The number of nitrogens with one attached hydrogen (secondary N) is 1. The van der Waals surface area contributed by atoms with Crippen LogP contribution in [0.25, 0.3) is 0 Å². The van der Waals surface area contributed by atoms with Gasteiger partial charge in [-0.05, 0) is 43.5 Å². The molecule has 0 bridgehead atoms. The van der Waals surface area contributed by atoms with Crippen LogP contribution in [-0.4, -0.2) is 37.0 Å². The van der Waals surface area contributed by atoms with Crippen LogP contribution in [0.5, 0.6) is 0 Å². The standard InChI is InChI=1S/C17H25ClN2O/c1-3-17(4-2,14-6-8-15(18)9-7-14)16(21)20-12-5-10-19-11-13-20/h6-9,19H,3-5,10-13H2,1-2H3. The van der Waals surface area contributed by atoms with E-state index in [-0.39, 0.29) is 5.91 Å². The highest BCUT2D eigenvalue weighted by Gasteiger charge is 2.39. The highest BCUT2D eigenvalue weighted by molar-refractivity contribution is 6.30. The molecular weight excluding hydrogens is 284 g/mol. The van der Waals surface area contributed by atoms with E-state index in [1.165, 1.54) is 0 Å². The van der Waals surface area contributed by atoms with Gasteiger partial charge in [-0.15, -0.1) is 0 Å². The quantitative estimate of drug-likeness (QED) is 0.926. The van der Waals surface area contributed by atoms with Crippen LogP contribution in [-0.2, 0) is 10.2 Å². The van der Waals surface area contributed by atoms with Crippen LogP contribution in [0, 0.1) is 0 Å². The molecule has 1 fully saturated rings. The van der Waals surface area contributed by atoms with Gasteiger partial charge in [0.1, 0.15) is 0 Å². The average molecular weight is 309 g/mol. The lowest BCUT2D eigenvalue weighted by atomic mass is 9.74. The number of rotatable bonds is 4. The van der Waals surface area contributed by atoms with Gasteiger partial charge in [0.25, 0.3) is 0 Å². The lowest BCUT2D eigenvalue weighted by molar-refractivity contribution is -0.137. The fourth-order valence-corrected chi connectivity index (χ4v) is 3.33. The van der Waals surface area contributed by atoms with Crippen molar-refractivity contribution in [1.29, 1.82) is 0 Å². The fraction of sp³-hybridized carbons (Fsp3) is 0.588. The Bertz CT molecular complexity index is 460. The summed E-state index contributed by atoms with van der Waals surface area (Å²) in [4.78, 5) is 15.2. The monoisotopic (exact) mass is 308 g/mol. The van der Waals surface area contributed by atoms with E-state index in [0.29, 0.717) is 5.02 Å². The second kappa shape index (κ2) is 7.28. The molecule has 0 unspecified atom stereocenters. The van der Waals surface area contributed by atoms with E-state index in [0.717, 1.165) is 51.0 Å². The summed E-state index contributed by atoms with van der Waals surface area (Å²) >= 11 is 5.99. The largest absolute Gasteiger partial charge is 0.341 e. The molecule has 1 N–H and O–H groups in total. The van der Waals surface area contributed by atoms with E-state index in [4.69, 9.17) is 11.6 Å². The minimum Gasteiger partial charge on any atom is -0.341 e. The zero-order valence-electron chi connectivity index (χ0n) is 13.0. The maximum Gasteiger partial charge on any atom is 0.233 e. The number of benzene rings is 1. The van der Waals surface area contributed by atoms with Gasteiger partial charge in [0, 0.05) is 24.7 Å². The Morgan fingerprint density at radius 2 is 1.86 bits per heavy atom. The minimum atomic E-state index is -0.422. The molecule has 3 nitrogen and oxygen atoms in total. The number of hydrogen-bond acceptors (Lipinski definition) is 2. The molecule has 0 aromatic heterocycles. The van der Waals surface area contributed by atoms with Crippen LogP contribution in [0.4, 0.5) is 0 Å². The molecule has 116 valence electrons. The maximum absolute atomic E-state index is 13.2. The van der Waals surface area contributed by atoms with Crippen molar-refractivity contribution in [1.82, 2.24) is 10.2 Å². The van der Waals surface area contributed by atoms with Gasteiger partial charge in [0.2, 0.25) is 5.91 Å². The van der Waals surface area contributed by atoms with Crippen LogP contribution in [0.1, 0.15) is 38.7 Å². The highest BCUT2D eigenvalue weighted by atomic mass is 35.5. The van der Waals surface area contributed by atoms with E-state index in [2.05, 4.69) is 19.2 Å². The van der Waals surface area contributed by atoms with Crippen LogP contribution in [0.2, 0.25) is 5.02 Å². The van der Waals surface area contributed by atoms with Crippen molar-refractivity contribution in [2.75, 3.05) is 26.2 Å². The van der Waals surface area contributed by atoms with Crippen molar-refractivity contribution in [2.24, 2.45) is 0 Å². The zero-order chi connectivity index (χ0) is 15.3. The Morgan fingerprint density at radius 3 is 2.48 bits per heavy atom. The Hall–Kier alpha value is -1.06. The normalized spacial score (nSPS) is 16.6. The Kier molecular flexibility index (Phi) is 5.65. The SMILES string of the molecule is CCC(CC)(C(=O)N1CCCNCC1)c1ccc(Cl)cc1. The van der Waals surface area contributed by atoms with Crippen molar-refractivity contribution < 1.29 is 4.79 Å². The van der Waals surface area contributed by atoms with E-state index >= 15 is 0 Å². The summed E-state index contributed by atoms with van der Waals surface area (Å²) in [7, 11) is 0. The molecule has 1 aromatic carbocycles. The Labute approximate surface area is 132 Å². The molecule has 0 radical (unpaired) electrons. The molecule has 4 heteroatoms. The molecule has 2 rings (SSSR count). The average Bonchev–Trinajstić information content (AvgIpc) is 2.79. The predicted molar refractivity (Wildman–Crippen MR) is 87.8 cm³/mol.